The Morgan fingerprint density at radius 1 is 1.44 bits per heavy atom. The minimum absolute atomic E-state index is 0.161. The molecule has 0 saturated heterocycles. The molecule has 0 radical (unpaired) electrons. The normalized spacial score (nSPS) is 12.4. The molecule has 0 atom stereocenters. The molecule has 0 N–H and O–H groups in total. The quantitative estimate of drug-likeness (QED) is 0.304. The van der Waals surface area contributed by atoms with Crippen LogP contribution in [-0.4, -0.2) is 12.3 Å². The molecule has 1 aromatic rings. The van der Waals surface area contributed by atoms with Gasteiger partial charge in [-0.1, -0.05) is 29.1 Å². The molecule has 0 saturated carbocycles. The van der Waals surface area contributed by atoms with E-state index in [-0.39, 0.29) is 12.3 Å². The molecule has 1 aliphatic carbocycles. The van der Waals surface area contributed by atoms with Gasteiger partial charge in [-0.3, -0.25) is 4.79 Å². The number of Topliss-reactive ketones (excluding diaryl/α,β-unsaturated/α-hetero) is 1. The third-order valence-electron chi connectivity index (χ3n) is 2.51. The van der Waals surface area contributed by atoms with Crippen LogP contribution in [0.1, 0.15) is 27.9 Å². The van der Waals surface area contributed by atoms with E-state index in [4.69, 9.17) is 5.53 Å². The zero-order valence-electron chi connectivity index (χ0n) is 8.60. The third kappa shape index (κ3) is 1.90. The third-order valence-corrected chi connectivity index (χ3v) is 2.51. The van der Waals surface area contributed by atoms with Gasteiger partial charge in [-0.2, -0.15) is 0 Å². The van der Waals surface area contributed by atoms with Gasteiger partial charge >= 0.3 is 0 Å². The van der Waals surface area contributed by atoms with Crippen LogP contribution >= 0.6 is 0 Å². The van der Waals surface area contributed by atoms with E-state index in [9.17, 15) is 4.79 Å². The van der Waals surface area contributed by atoms with E-state index in [1.54, 1.807) is 0 Å². The first-order chi connectivity index (χ1) is 7.83. The number of ketones is 1. The lowest BCUT2D eigenvalue weighted by molar-refractivity contribution is 0.0994. The van der Waals surface area contributed by atoms with Crippen molar-refractivity contribution >= 4 is 5.78 Å². The van der Waals surface area contributed by atoms with Gasteiger partial charge in [0.1, 0.15) is 0 Å². The Balaban J connectivity index is 2.32. The number of rotatable bonds is 1. The molecular weight excluding hydrogens is 202 g/mol. The second-order valence-corrected chi connectivity index (χ2v) is 3.45. The molecule has 0 amide bonds. The fraction of sp³-hybridized carbons (Fsp3) is 0.250. The molecule has 1 aromatic carbocycles. The first-order valence-electron chi connectivity index (χ1n) is 4.98. The summed E-state index contributed by atoms with van der Waals surface area (Å²) in [6, 6.07) is 5.56. The van der Waals surface area contributed by atoms with Crippen molar-refractivity contribution in [3.8, 4) is 11.8 Å². The van der Waals surface area contributed by atoms with Crippen molar-refractivity contribution in [1.29, 1.82) is 0 Å². The smallest absolute Gasteiger partial charge is 0.163 e. The first-order valence-corrected chi connectivity index (χ1v) is 4.98. The highest BCUT2D eigenvalue weighted by atomic mass is 16.1. The van der Waals surface area contributed by atoms with Crippen molar-refractivity contribution in [3.05, 3.63) is 45.3 Å². The molecule has 0 fully saturated rings. The summed E-state index contributed by atoms with van der Waals surface area (Å²) in [5.41, 5.74) is 10.8. The van der Waals surface area contributed by atoms with Gasteiger partial charge in [-0.25, -0.2) is 0 Å². The van der Waals surface area contributed by atoms with Crippen molar-refractivity contribution in [1.82, 2.24) is 0 Å². The van der Waals surface area contributed by atoms with Gasteiger partial charge in [-0.15, -0.1) is 0 Å². The maximum atomic E-state index is 11.5. The largest absolute Gasteiger partial charge is 0.294 e. The number of benzene rings is 1. The monoisotopic (exact) mass is 211 g/mol. The summed E-state index contributed by atoms with van der Waals surface area (Å²) in [4.78, 5) is 14.1. The van der Waals surface area contributed by atoms with E-state index in [0.717, 1.165) is 23.1 Å². The Bertz CT molecular complexity index is 545. The van der Waals surface area contributed by atoms with Crippen LogP contribution in [0.4, 0.5) is 0 Å². The average molecular weight is 211 g/mol. The molecule has 4 heteroatoms. The number of carbonyl (C=O) groups excluding carboxylic acids is 1. The zero-order chi connectivity index (χ0) is 11.4. The lowest BCUT2D eigenvalue weighted by Crippen LogP contribution is -1.92. The summed E-state index contributed by atoms with van der Waals surface area (Å²) in [5.74, 6) is 5.89. The molecule has 0 aromatic heterocycles. The van der Waals surface area contributed by atoms with Crippen LogP contribution in [0.2, 0.25) is 0 Å². The lowest BCUT2D eigenvalue weighted by Gasteiger charge is -1.99. The van der Waals surface area contributed by atoms with Gasteiger partial charge < -0.3 is 0 Å². The maximum absolute atomic E-state index is 11.5. The Kier molecular flexibility index (Phi) is 2.90. The lowest BCUT2D eigenvalue weighted by atomic mass is 10.0. The maximum Gasteiger partial charge on any atom is 0.163 e. The van der Waals surface area contributed by atoms with E-state index in [1.165, 1.54) is 0 Å². The van der Waals surface area contributed by atoms with Crippen molar-refractivity contribution in [3.63, 3.8) is 0 Å². The first kappa shape index (κ1) is 10.3. The minimum Gasteiger partial charge on any atom is -0.294 e. The van der Waals surface area contributed by atoms with Crippen molar-refractivity contribution in [2.75, 3.05) is 6.54 Å². The van der Waals surface area contributed by atoms with Gasteiger partial charge in [0.05, 0.1) is 6.54 Å². The average Bonchev–Trinajstić information content (AvgIpc) is 2.68. The van der Waals surface area contributed by atoms with Gasteiger partial charge in [-0.05, 0) is 23.6 Å². The van der Waals surface area contributed by atoms with Crippen molar-refractivity contribution in [2.45, 2.75) is 12.8 Å². The molecule has 0 heterocycles. The van der Waals surface area contributed by atoms with E-state index in [2.05, 4.69) is 21.9 Å². The molecular formula is C12H9N3O. The zero-order valence-corrected chi connectivity index (χ0v) is 8.60. The standard InChI is InChI=1S/C12H9N3O/c13-15-14-8-2-4-9-3-1-5-11-10(9)6-7-12(11)16/h1,3,5H,6-8H2. The van der Waals surface area contributed by atoms with Crippen molar-refractivity contribution < 1.29 is 4.79 Å². The van der Waals surface area contributed by atoms with E-state index in [1.807, 2.05) is 18.2 Å². The number of carbonyl (C=O) groups is 1. The molecule has 0 bridgehead atoms. The molecule has 0 unspecified atom stereocenters. The summed E-state index contributed by atoms with van der Waals surface area (Å²) < 4.78 is 0. The number of nitrogens with zero attached hydrogens (tertiary/aromatic N) is 3. The number of hydrogen-bond donors (Lipinski definition) is 0. The second kappa shape index (κ2) is 4.52. The Hall–Kier alpha value is -2.24. The SMILES string of the molecule is [N-]=[N+]=NCC#Cc1cccc2c1CCC2=O. The van der Waals surface area contributed by atoms with Crippen LogP contribution in [0.15, 0.2) is 23.3 Å². The van der Waals surface area contributed by atoms with Crippen LogP contribution in [0.25, 0.3) is 10.4 Å². The summed E-state index contributed by atoms with van der Waals surface area (Å²) in [5, 5.41) is 3.34. The minimum atomic E-state index is 0.161. The van der Waals surface area contributed by atoms with E-state index < -0.39 is 0 Å². The van der Waals surface area contributed by atoms with Crippen LogP contribution < -0.4 is 0 Å². The second-order valence-electron chi connectivity index (χ2n) is 3.45. The predicted molar refractivity (Wildman–Crippen MR) is 60.0 cm³/mol. The van der Waals surface area contributed by atoms with E-state index in [0.29, 0.717) is 6.42 Å². The Morgan fingerprint density at radius 3 is 3.12 bits per heavy atom. The fourth-order valence-electron chi connectivity index (χ4n) is 1.81. The van der Waals surface area contributed by atoms with Crippen LogP contribution in [-0.2, 0) is 6.42 Å². The number of azide groups is 1. The summed E-state index contributed by atoms with van der Waals surface area (Å²) >= 11 is 0. The highest BCUT2D eigenvalue weighted by molar-refractivity contribution is 6.01. The molecule has 0 aliphatic heterocycles. The number of hydrogen-bond acceptors (Lipinski definition) is 2. The molecule has 16 heavy (non-hydrogen) atoms. The van der Waals surface area contributed by atoms with Gasteiger partial charge in [0, 0.05) is 22.5 Å². The topological polar surface area (TPSA) is 65.8 Å². The fourth-order valence-corrected chi connectivity index (χ4v) is 1.81. The number of fused-ring (bicyclic) bond motifs is 1. The molecule has 78 valence electrons. The van der Waals surface area contributed by atoms with Gasteiger partial charge in [0.25, 0.3) is 0 Å². The molecule has 0 spiro atoms. The summed E-state index contributed by atoms with van der Waals surface area (Å²) in [6.45, 7) is 0.161. The van der Waals surface area contributed by atoms with Crippen LogP contribution in [0.5, 0.6) is 0 Å². The van der Waals surface area contributed by atoms with Gasteiger partial charge in [0.2, 0.25) is 0 Å². The summed E-state index contributed by atoms with van der Waals surface area (Å²) in [6.07, 6.45) is 1.34. The molecule has 4 nitrogen and oxygen atoms in total. The highest BCUT2D eigenvalue weighted by Crippen LogP contribution is 2.24. The molecule has 1 aliphatic rings. The van der Waals surface area contributed by atoms with Gasteiger partial charge in [0.15, 0.2) is 5.78 Å². The van der Waals surface area contributed by atoms with Crippen molar-refractivity contribution in [2.24, 2.45) is 5.11 Å². The Labute approximate surface area is 92.9 Å². The highest BCUT2D eigenvalue weighted by Gasteiger charge is 2.20. The summed E-state index contributed by atoms with van der Waals surface area (Å²) in [7, 11) is 0. The molecule has 2 rings (SSSR count). The Morgan fingerprint density at radius 2 is 2.31 bits per heavy atom. The van der Waals surface area contributed by atoms with E-state index >= 15 is 0 Å². The predicted octanol–water partition coefficient (Wildman–Crippen LogP) is 2.48. The van der Waals surface area contributed by atoms with Crippen LogP contribution in [0.3, 0.4) is 0 Å². The van der Waals surface area contributed by atoms with Crippen LogP contribution in [0, 0.1) is 11.8 Å².